The number of ether oxygens (including phenoxy) is 2. The van der Waals surface area contributed by atoms with Crippen LogP contribution >= 0.6 is 34.8 Å². The van der Waals surface area contributed by atoms with Crippen molar-refractivity contribution >= 4 is 40.5 Å². The summed E-state index contributed by atoms with van der Waals surface area (Å²) in [7, 11) is 1.58. The van der Waals surface area contributed by atoms with Gasteiger partial charge in [0.15, 0.2) is 0 Å². The van der Waals surface area contributed by atoms with Crippen molar-refractivity contribution in [3.8, 4) is 11.5 Å². The van der Waals surface area contributed by atoms with Gasteiger partial charge in [-0.25, -0.2) is 0 Å². The summed E-state index contributed by atoms with van der Waals surface area (Å²) in [5, 5.41) is 4.89. The van der Waals surface area contributed by atoms with Gasteiger partial charge < -0.3 is 14.8 Å². The fourth-order valence-corrected chi connectivity index (χ4v) is 2.92. The maximum Gasteiger partial charge on any atom is 0.143 e. The molecular weight excluding hydrogens is 357 g/mol. The van der Waals surface area contributed by atoms with Gasteiger partial charge in [-0.15, -0.1) is 0 Å². The van der Waals surface area contributed by atoms with Gasteiger partial charge in [0.2, 0.25) is 0 Å². The molecule has 0 aliphatic rings. The number of rotatable bonds is 6. The van der Waals surface area contributed by atoms with Crippen LogP contribution in [-0.2, 0) is 6.54 Å². The third kappa shape index (κ3) is 4.84. The van der Waals surface area contributed by atoms with Crippen LogP contribution in [0.2, 0.25) is 15.1 Å². The Labute approximate surface area is 151 Å². The summed E-state index contributed by atoms with van der Waals surface area (Å²) in [6.45, 7) is 4.40. The fourth-order valence-electron chi connectivity index (χ4n) is 2.09. The molecule has 2 aromatic carbocycles. The monoisotopic (exact) mass is 373 g/mol. The smallest absolute Gasteiger partial charge is 0.143 e. The van der Waals surface area contributed by atoms with Crippen molar-refractivity contribution in [2.24, 2.45) is 0 Å². The molecule has 23 heavy (non-hydrogen) atoms. The summed E-state index contributed by atoms with van der Waals surface area (Å²) in [6, 6.07) is 9.01. The molecule has 0 fully saturated rings. The van der Waals surface area contributed by atoms with Crippen LogP contribution in [0.5, 0.6) is 11.5 Å². The van der Waals surface area contributed by atoms with E-state index in [1.54, 1.807) is 25.3 Å². The molecule has 0 aliphatic carbocycles. The molecule has 124 valence electrons. The van der Waals surface area contributed by atoms with Crippen LogP contribution in [0.4, 0.5) is 5.69 Å². The Kier molecular flexibility index (Phi) is 6.28. The van der Waals surface area contributed by atoms with Crippen molar-refractivity contribution in [1.29, 1.82) is 0 Å². The highest BCUT2D eigenvalue weighted by Gasteiger charge is 2.12. The largest absolute Gasteiger partial charge is 0.495 e. The van der Waals surface area contributed by atoms with Crippen LogP contribution in [0.15, 0.2) is 30.3 Å². The van der Waals surface area contributed by atoms with Gasteiger partial charge in [0.25, 0.3) is 0 Å². The minimum atomic E-state index is 0.0165. The Morgan fingerprint density at radius 2 is 1.78 bits per heavy atom. The predicted molar refractivity (Wildman–Crippen MR) is 97.6 cm³/mol. The lowest BCUT2D eigenvalue weighted by molar-refractivity contribution is 0.240. The lowest BCUT2D eigenvalue weighted by Gasteiger charge is -2.17. The number of hydrogen-bond donors (Lipinski definition) is 1. The Morgan fingerprint density at radius 1 is 1.04 bits per heavy atom. The lowest BCUT2D eigenvalue weighted by atomic mass is 10.2. The van der Waals surface area contributed by atoms with Crippen LogP contribution in [0, 0.1) is 0 Å². The van der Waals surface area contributed by atoms with E-state index in [-0.39, 0.29) is 6.10 Å². The van der Waals surface area contributed by atoms with Crippen molar-refractivity contribution in [2.45, 2.75) is 26.5 Å². The number of hydrogen-bond acceptors (Lipinski definition) is 3. The van der Waals surface area contributed by atoms with Crippen molar-refractivity contribution in [1.82, 2.24) is 0 Å². The van der Waals surface area contributed by atoms with Crippen LogP contribution in [0.3, 0.4) is 0 Å². The Morgan fingerprint density at radius 3 is 2.39 bits per heavy atom. The molecule has 0 aromatic heterocycles. The van der Waals surface area contributed by atoms with Gasteiger partial charge in [0.05, 0.1) is 23.3 Å². The second kappa shape index (κ2) is 8.00. The van der Waals surface area contributed by atoms with Gasteiger partial charge in [-0.1, -0.05) is 34.8 Å². The summed E-state index contributed by atoms with van der Waals surface area (Å²) in [6.07, 6.45) is 0.0165. The average molecular weight is 375 g/mol. The van der Waals surface area contributed by atoms with E-state index in [1.165, 1.54) is 0 Å². The molecule has 0 radical (unpaired) electrons. The van der Waals surface area contributed by atoms with Crippen molar-refractivity contribution in [2.75, 3.05) is 12.4 Å². The summed E-state index contributed by atoms with van der Waals surface area (Å²) >= 11 is 18.5. The van der Waals surface area contributed by atoms with Gasteiger partial charge >= 0.3 is 0 Å². The molecule has 0 aliphatic heterocycles. The number of halogens is 3. The molecule has 3 nitrogen and oxygen atoms in total. The van der Waals surface area contributed by atoms with Crippen LogP contribution in [0.1, 0.15) is 19.4 Å². The molecule has 0 amide bonds. The molecule has 0 spiro atoms. The minimum absolute atomic E-state index is 0.0165. The highest BCUT2D eigenvalue weighted by molar-refractivity contribution is 6.35. The first-order valence-corrected chi connectivity index (χ1v) is 8.26. The Bertz CT molecular complexity index is 690. The van der Waals surface area contributed by atoms with E-state index in [0.717, 1.165) is 11.3 Å². The van der Waals surface area contributed by atoms with Gasteiger partial charge in [-0.3, -0.25) is 0 Å². The van der Waals surface area contributed by atoms with E-state index >= 15 is 0 Å². The number of benzene rings is 2. The first-order valence-electron chi connectivity index (χ1n) is 7.12. The second-order valence-electron chi connectivity index (χ2n) is 5.25. The Balaban J connectivity index is 2.21. The maximum absolute atomic E-state index is 6.25. The van der Waals surface area contributed by atoms with E-state index in [9.17, 15) is 0 Å². The van der Waals surface area contributed by atoms with Crippen LogP contribution in [-0.4, -0.2) is 13.2 Å². The molecule has 0 unspecified atom stereocenters. The highest BCUT2D eigenvalue weighted by atomic mass is 35.5. The predicted octanol–water partition coefficient (Wildman–Crippen LogP) is 6.05. The van der Waals surface area contributed by atoms with Crippen LogP contribution < -0.4 is 14.8 Å². The van der Waals surface area contributed by atoms with E-state index in [0.29, 0.717) is 33.1 Å². The molecule has 0 saturated heterocycles. The summed E-state index contributed by atoms with van der Waals surface area (Å²) in [5.74, 6) is 1.27. The molecule has 0 heterocycles. The van der Waals surface area contributed by atoms with E-state index < -0.39 is 0 Å². The van der Waals surface area contributed by atoms with Gasteiger partial charge in [0, 0.05) is 22.8 Å². The molecule has 0 bridgehead atoms. The molecular formula is C17H18Cl3NO2. The van der Waals surface area contributed by atoms with Gasteiger partial charge in [-0.05, 0) is 44.2 Å². The maximum atomic E-state index is 6.25. The fraction of sp³-hybridized carbons (Fsp3) is 0.294. The third-order valence-corrected chi connectivity index (χ3v) is 3.87. The standard InChI is InChI=1S/C17H18Cl3NO2/c1-10(2)23-17-11(6-12(18)7-15(17)20)9-21-13-4-5-16(22-3)14(19)8-13/h4-8,10,21H,9H2,1-3H3. The number of nitrogens with one attached hydrogen (secondary N) is 1. The third-order valence-electron chi connectivity index (χ3n) is 3.07. The molecule has 6 heteroatoms. The Hall–Kier alpha value is -1.29. The number of anilines is 1. The van der Waals surface area contributed by atoms with E-state index in [4.69, 9.17) is 44.3 Å². The van der Waals surface area contributed by atoms with E-state index in [2.05, 4.69) is 5.32 Å². The highest BCUT2D eigenvalue weighted by Crippen LogP contribution is 2.34. The van der Waals surface area contributed by atoms with Crippen molar-refractivity contribution in [3.05, 3.63) is 51.0 Å². The van der Waals surface area contributed by atoms with Gasteiger partial charge in [0.1, 0.15) is 11.5 Å². The normalized spacial score (nSPS) is 10.7. The lowest BCUT2D eigenvalue weighted by Crippen LogP contribution is -2.10. The summed E-state index contributed by atoms with van der Waals surface area (Å²) in [5.41, 5.74) is 1.74. The summed E-state index contributed by atoms with van der Waals surface area (Å²) < 4.78 is 10.9. The second-order valence-corrected chi connectivity index (χ2v) is 6.50. The van der Waals surface area contributed by atoms with Crippen molar-refractivity contribution in [3.63, 3.8) is 0 Å². The quantitative estimate of drug-likeness (QED) is 0.667. The number of methoxy groups -OCH3 is 1. The topological polar surface area (TPSA) is 30.5 Å². The van der Waals surface area contributed by atoms with E-state index in [1.807, 2.05) is 26.0 Å². The molecule has 2 rings (SSSR count). The first-order chi connectivity index (χ1) is 10.9. The summed E-state index contributed by atoms with van der Waals surface area (Å²) in [4.78, 5) is 0. The van der Waals surface area contributed by atoms with Gasteiger partial charge in [-0.2, -0.15) is 0 Å². The molecule has 0 atom stereocenters. The zero-order valence-electron chi connectivity index (χ0n) is 13.1. The average Bonchev–Trinajstić information content (AvgIpc) is 2.48. The van der Waals surface area contributed by atoms with Crippen LogP contribution in [0.25, 0.3) is 0 Å². The zero-order valence-corrected chi connectivity index (χ0v) is 15.4. The zero-order chi connectivity index (χ0) is 17.0. The molecule has 2 aromatic rings. The SMILES string of the molecule is COc1ccc(NCc2cc(Cl)cc(Cl)c2OC(C)C)cc1Cl. The van der Waals surface area contributed by atoms with Crippen molar-refractivity contribution < 1.29 is 9.47 Å². The molecule has 0 saturated carbocycles. The molecule has 1 N–H and O–H groups in total. The first kappa shape index (κ1) is 18.1. The minimum Gasteiger partial charge on any atom is -0.495 e.